The molecule has 1 aliphatic carbocycles. The molecule has 1 fully saturated rings. The molecule has 0 aromatic carbocycles. The minimum Gasteiger partial charge on any atom is -0.397 e. The quantitative estimate of drug-likeness (QED) is 0.914. The minimum atomic E-state index is 0.555. The molecule has 0 aliphatic heterocycles. The molecule has 4 nitrogen and oxygen atoms in total. The lowest BCUT2D eigenvalue weighted by molar-refractivity contribution is 0.426. The van der Waals surface area contributed by atoms with Crippen LogP contribution in [0.2, 0.25) is 0 Å². The molecule has 2 heterocycles. The van der Waals surface area contributed by atoms with E-state index in [1.54, 1.807) is 11.3 Å². The fourth-order valence-electron chi connectivity index (χ4n) is 2.45. The molecule has 0 amide bonds. The number of hydrogen-bond acceptors (Lipinski definition) is 6. The fraction of sp³-hybridized carbons (Fsp3) is 0.571. The molecule has 0 bridgehead atoms. The highest BCUT2D eigenvalue weighted by Crippen LogP contribution is 2.34. The van der Waals surface area contributed by atoms with Gasteiger partial charge < -0.3 is 10.3 Å². The van der Waals surface area contributed by atoms with E-state index in [2.05, 4.69) is 10.1 Å². The molecule has 20 heavy (non-hydrogen) atoms. The van der Waals surface area contributed by atoms with Gasteiger partial charge in [0.15, 0.2) is 5.82 Å². The van der Waals surface area contributed by atoms with E-state index in [1.165, 1.54) is 32.1 Å². The van der Waals surface area contributed by atoms with Gasteiger partial charge in [-0.15, -0.1) is 11.3 Å². The first-order chi connectivity index (χ1) is 9.74. The monoisotopic (exact) mass is 309 g/mol. The maximum Gasteiger partial charge on any atom is 0.270 e. The summed E-state index contributed by atoms with van der Waals surface area (Å²) in [5.74, 6) is 2.17. The highest BCUT2D eigenvalue weighted by molar-refractivity contribution is 7.99. The van der Waals surface area contributed by atoms with Gasteiger partial charge in [-0.1, -0.05) is 24.4 Å². The predicted octanol–water partition coefficient (Wildman–Crippen LogP) is 4.25. The average molecular weight is 309 g/mol. The number of nitrogen functional groups attached to an aromatic ring is 1. The molecule has 0 spiro atoms. The second-order valence-corrected chi connectivity index (χ2v) is 7.42. The third-order valence-electron chi connectivity index (χ3n) is 3.69. The van der Waals surface area contributed by atoms with E-state index in [4.69, 9.17) is 10.3 Å². The van der Waals surface area contributed by atoms with Crippen molar-refractivity contribution in [2.75, 3.05) is 5.73 Å². The second-order valence-electron chi connectivity index (χ2n) is 5.25. The van der Waals surface area contributed by atoms with Gasteiger partial charge in [0.25, 0.3) is 5.89 Å². The van der Waals surface area contributed by atoms with Crippen LogP contribution in [0.1, 0.15) is 43.5 Å². The van der Waals surface area contributed by atoms with Gasteiger partial charge in [-0.25, -0.2) is 0 Å². The lowest BCUT2D eigenvalue weighted by atomic mass is 10.0. The molecule has 2 aromatic rings. The van der Waals surface area contributed by atoms with Crippen molar-refractivity contribution >= 4 is 28.8 Å². The third-order valence-corrected chi connectivity index (χ3v) is 6.15. The smallest absolute Gasteiger partial charge is 0.270 e. The summed E-state index contributed by atoms with van der Waals surface area (Å²) in [6.45, 7) is 1.99. The van der Waals surface area contributed by atoms with E-state index in [9.17, 15) is 0 Å². The van der Waals surface area contributed by atoms with E-state index in [1.807, 2.05) is 24.1 Å². The number of thiophene rings is 1. The molecular weight excluding hydrogens is 290 g/mol. The van der Waals surface area contributed by atoms with Crippen LogP contribution in [0.15, 0.2) is 9.90 Å². The topological polar surface area (TPSA) is 64.9 Å². The van der Waals surface area contributed by atoms with Gasteiger partial charge in [-0.3, -0.25) is 0 Å². The summed E-state index contributed by atoms with van der Waals surface area (Å²) in [6, 6.07) is 0. The van der Waals surface area contributed by atoms with Crippen molar-refractivity contribution in [1.29, 1.82) is 0 Å². The van der Waals surface area contributed by atoms with Crippen molar-refractivity contribution < 1.29 is 4.52 Å². The molecule has 108 valence electrons. The van der Waals surface area contributed by atoms with Crippen LogP contribution >= 0.6 is 23.1 Å². The number of nitrogens with two attached hydrogens (primary N) is 1. The first-order valence-corrected chi connectivity index (χ1v) is 8.95. The molecule has 3 rings (SSSR count). The van der Waals surface area contributed by atoms with Gasteiger partial charge in [0.1, 0.15) is 4.88 Å². The highest BCUT2D eigenvalue weighted by Gasteiger charge is 2.17. The van der Waals surface area contributed by atoms with Gasteiger partial charge in [-0.05, 0) is 30.7 Å². The number of hydrogen-bond donors (Lipinski definition) is 1. The molecular formula is C14H19N3OS2. The summed E-state index contributed by atoms with van der Waals surface area (Å²) in [5.41, 5.74) is 7.84. The molecule has 0 unspecified atom stereocenters. The Kier molecular flexibility index (Phi) is 4.31. The Balaban J connectivity index is 1.63. The Labute approximate surface area is 127 Å². The maximum atomic E-state index is 6.01. The lowest BCUT2D eigenvalue weighted by Gasteiger charge is -2.19. The standard InChI is InChI=1S/C14H19N3OS2/c1-9-7-20-13(12(9)15)14-16-11(17-18-14)8-19-10-5-3-2-4-6-10/h7,10H,2-6,8,15H2,1H3. The summed E-state index contributed by atoms with van der Waals surface area (Å²) < 4.78 is 5.34. The first kappa shape index (κ1) is 13.9. The van der Waals surface area contributed by atoms with Gasteiger partial charge >= 0.3 is 0 Å². The summed E-state index contributed by atoms with van der Waals surface area (Å²) in [6.07, 6.45) is 6.76. The molecule has 0 radical (unpaired) electrons. The summed E-state index contributed by atoms with van der Waals surface area (Å²) >= 11 is 3.52. The van der Waals surface area contributed by atoms with Gasteiger partial charge in [0.05, 0.1) is 11.4 Å². The summed E-state index contributed by atoms with van der Waals surface area (Å²) in [4.78, 5) is 5.36. The van der Waals surface area contributed by atoms with E-state index in [-0.39, 0.29) is 0 Å². The van der Waals surface area contributed by atoms with Crippen LogP contribution in [-0.4, -0.2) is 15.4 Å². The third kappa shape index (κ3) is 3.01. The van der Waals surface area contributed by atoms with Crippen LogP contribution < -0.4 is 5.73 Å². The highest BCUT2D eigenvalue weighted by atomic mass is 32.2. The number of anilines is 1. The van der Waals surface area contributed by atoms with Crippen molar-refractivity contribution in [2.24, 2.45) is 0 Å². The zero-order valence-corrected chi connectivity index (χ0v) is 13.2. The average Bonchev–Trinajstić information content (AvgIpc) is 3.06. The van der Waals surface area contributed by atoms with Crippen molar-refractivity contribution in [1.82, 2.24) is 10.1 Å². The Hall–Kier alpha value is -1.01. The Morgan fingerprint density at radius 1 is 1.40 bits per heavy atom. The van der Waals surface area contributed by atoms with Crippen LogP contribution in [0, 0.1) is 6.92 Å². The Morgan fingerprint density at radius 2 is 2.20 bits per heavy atom. The number of nitrogens with zero attached hydrogens (tertiary/aromatic N) is 2. The van der Waals surface area contributed by atoms with E-state index < -0.39 is 0 Å². The fourth-order valence-corrected chi connectivity index (χ4v) is 4.51. The molecule has 0 saturated heterocycles. The van der Waals surface area contributed by atoms with Crippen LogP contribution in [0.4, 0.5) is 5.69 Å². The molecule has 1 saturated carbocycles. The first-order valence-electron chi connectivity index (χ1n) is 7.02. The van der Waals surface area contributed by atoms with E-state index in [0.717, 1.165) is 33.0 Å². The number of aryl methyl sites for hydroxylation is 1. The molecule has 2 N–H and O–H groups in total. The molecule has 2 aromatic heterocycles. The van der Waals surface area contributed by atoms with Crippen LogP contribution in [0.5, 0.6) is 0 Å². The zero-order chi connectivity index (χ0) is 13.9. The Bertz CT molecular complexity index is 573. The second kappa shape index (κ2) is 6.18. The Morgan fingerprint density at radius 3 is 2.90 bits per heavy atom. The minimum absolute atomic E-state index is 0.555. The predicted molar refractivity (Wildman–Crippen MR) is 84.9 cm³/mol. The SMILES string of the molecule is Cc1csc(-c2nc(CSC3CCCCC3)no2)c1N. The van der Waals surface area contributed by atoms with Crippen molar-refractivity contribution in [3.63, 3.8) is 0 Å². The van der Waals surface area contributed by atoms with Crippen molar-refractivity contribution in [2.45, 2.75) is 50.0 Å². The van der Waals surface area contributed by atoms with E-state index in [0.29, 0.717) is 5.89 Å². The normalized spacial score (nSPS) is 16.6. The maximum absolute atomic E-state index is 6.01. The molecule has 0 atom stereocenters. The van der Waals surface area contributed by atoms with E-state index >= 15 is 0 Å². The van der Waals surface area contributed by atoms with Crippen LogP contribution in [0.25, 0.3) is 10.8 Å². The van der Waals surface area contributed by atoms with Crippen molar-refractivity contribution in [3.8, 4) is 10.8 Å². The van der Waals surface area contributed by atoms with Gasteiger partial charge in [0, 0.05) is 5.25 Å². The number of thioether (sulfide) groups is 1. The summed E-state index contributed by atoms with van der Waals surface area (Å²) in [7, 11) is 0. The number of aromatic nitrogens is 2. The number of rotatable bonds is 4. The zero-order valence-electron chi connectivity index (χ0n) is 11.6. The summed E-state index contributed by atoms with van der Waals surface area (Å²) in [5, 5.41) is 6.85. The molecule has 6 heteroatoms. The van der Waals surface area contributed by atoms with Crippen LogP contribution in [0.3, 0.4) is 0 Å². The molecule has 1 aliphatic rings. The lowest BCUT2D eigenvalue weighted by Crippen LogP contribution is -2.08. The van der Waals surface area contributed by atoms with Gasteiger partial charge in [-0.2, -0.15) is 16.7 Å². The van der Waals surface area contributed by atoms with Gasteiger partial charge in [0.2, 0.25) is 0 Å². The van der Waals surface area contributed by atoms with Crippen LogP contribution in [-0.2, 0) is 5.75 Å². The largest absolute Gasteiger partial charge is 0.397 e. The van der Waals surface area contributed by atoms with Crippen molar-refractivity contribution in [3.05, 3.63) is 16.8 Å².